The normalized spacial score (nSPS) is 21.7. The Morgan fingerprint density at radius 1 is 1.27 bits per heavy atom. The summed E-state index contributed by atoms with van der Waals surface area (Å²) < 4.78 is 4.56. The van der Waals surface area contributed by atoms with Gasteiger partial charge in [0.05, 0.1) is 0 Å². The topological polar surface area (TPSA) is 83.8 Å². The maximum Gasteiger partial charge on any atom is 0.377 e. The Hall–Kier alpha value is -1.10. The van der Waals surface area contributed by atoms with Crippen LogP contribution in [0.3, 0.4) is 0 Å². The number of carbonyl (C=O) groups is 2. The smallest absolute Gasteiger partial charge is 0.377 e. The quantitative estimate of drug-likeness (QED) is 0.541. The van der Waals surface area contributed by atoms with E-state index in [1.165, 1.54) is 0 Å². The molecule has 0 aromatic rings. The molecule has 1 aliphatic carbocycles. The van der Waals surface area contributed by atoms with Gasteiger partial charge in [-0.1, -0.05) is 19.3 Å². The van der Waals surface area contributed by atoms with E-state index in [-0.39, 0.29) is 0 Å². The summed E-state index contributed by atoms with van der Waals surface area (Å²) in [5.74, 6) is -5.09. The van der Waals surface area contributed by atoms with E-state index in [0.717, 1.165) is 26.2 Å². The minimum absolute atomic E-state index is 0.493. The molecule has 0 spiro atoms. The molecule has 0 heterocycles. The van der Waals surface area contributed by atoms with Crippen molar-refractivity contribution in [2.24, 2.45) is 5.92 Å². The fourth-order valence-electron chi connectivity index (χ4n) is 2.01. The summed E-state index contributed by atoms with van der Waals surface area (Å²) in [6, 6.07) is 0. The molecule has 15 heavy (non-hydrogen) atoms. The van der Waals surface area contributed by atoms with Crippen LogP contribution in [-0.4, -0.2) is 27.9 Å². The maximum absolute atomic E-state index is 10.9. The minimum Gasteiger partial charge on any atom is -0.476 e. The predicted octanol–water partition coefficient (Wildman–Crippen LogP) is 0.903. The van der Waals surface area contributed by atoms with Crippen molar-refractivity contribution in [2.75, 3.05) is 0 Å². The molecule has 2 N–H and O–H groups in total. The summed E-state index contributed by atoms with van der Waals surface area (Å²) in [5, 5.41) is 18.7. The highest BCUT2D eigenvalue weighted by molar-refractivity contribution is 5.79. The minimum atomic E-state index is -2.34. The third kappa shape index (κ3) is 2.68. The highest BCUT2D eigenvalue weighted by Gasteiger charge is 2.47. The number of hydrogen-bond donors (Lipinski definition) is 2. The second-order valence-electron chi connectivity index (χ2n) is 3.93. The molecule has 0 radical (unpaired) electrons. The molecule has 1 saturated carbocycles. The third-order valence-electron chi connectivity index (χ3n) is 2.76. The number of rotatable bonds is 3. The van der Waals surface area contributed by atoms with Crippen LogP contribution in [-0.2, 0) is 14.3 Å². The van der Waals surface area contributed by atoms with Crippen LogP contribution in [0.15, 0.2) is 0 Å². The van der Waals surface area contributed by atoms with Crippen molar-refractivity contribution >= 4 is 11.9 Å². The predicted molar refractivity (Wildman–Crippen MR) is 50.9 cm³/mol. The van der Waals surface area contributed by atoms with Crippen LogP contribution in [0.5, 0.6) is 0 Å². The van der Waals surface area contributed by atoms with Crippen LogP contribution in [0.4, 0.5) is 0 Å². The molecule has 0 aromatic carbocycles. The number of aliphatic carboxylic acids is 1. The summed E-state index contributed by atoms with van der Waals surface area (Å²) in [4.78, 5) is 21.7. The second kappa shape index (κ2) is 4.61. The molecule has 1 aliphatic rings. The van der Waals surface area contributed by atoms with E-state index in [2.05, 4.69) is 4.74 Å². The first-order valence-electron chi connectivity index (χ1n) is 5.12. The number of carboxylic acid groups (broad SMARTS) is 1. The Balaban J connectivity index is 2.78. The first kappa shape index (κ1) is 12.0. The van der Waals surface area contributed by atoms with Gasteiger partial charge in [0.1, 0.15) is 0 Å². The van der Waals surface area contributed by atoms with Crippen LogP contribution >= 0.6 is 0 Å². The molecule has 0 unspecified atom stereocenters. The van der Waals surface area contributed by atoms with Gasteiger partial charge >= 0.3 is 17.7 Å². The molecule has 0 aliphatic heterocycles. The largest absolute Gasteiger partial charge is 0.476 e. The van der Waals surface area contributed by atoms with Crippen molar-refractivity contribution in [3.05, 3.63) is 0 Å². The van der Waals surface area contributed by atoms with E-state index in [0.29, 0.717) is 12.8 Å². The third-order valence-corrected chi connectivity index (χ3v) is 2.76. The average molecular weight is 216 g/mol. The van der Waals surface area contributed by atoms with Crippen LogP contribution in [0.1, 0.15) is 39.0 Å². The zero-order valence-electron chi connectivity index (χ0n) is 8.73. The van der Waals surface area contributed by atoms with Crippen molar-refractivity contribution in [3.63, 3.8) is 0 Å². The lowest BCUT2D eigenvalue weighted by molar-refractivity contribution is -0.241. The molecule has 0 bridgehead atoms. The number of aliphatic hydroxyl groups is 1. The van der Waals surface area contributed by atoms with Gasteiger partial charge in [0.2, 0.25) is 0 Å². The highest BCUT2D eigenvalue weighted by Crippen LogP contribution is 2.33. The lowest BCUT2D eigenvalue weighted by atomic mass is 9.83. The molecule has 5 nitrogen and oxygen atoms in total. The Bertz CT molecular complexity index is 257. The van der Waals surface area contributed by atoms with E-state index in [1.807, 2.05) is 0 Å². The molecular formula is C10H16O5. The number of carboxylic acids is 1. The zero-order valence-corrected chi connectivity index (χ0v) is 8.73. The molecule has 5 heteroatoms. The van der Waals surface area contributed by atoms with Gasteiger partial charge in [-0.25, -0.2) is 4.79 Å². The summed E-state index contributed by atoms with van der Waals surface area (Å²) >= 11 is 0. The zero-order chi connectivity index (χ0) is 11.5. The highest BCUT2D eigenvalue weighted by atomic mass is 16.7. The summed E-state index contributed by atoms with van der Waals surface area (Å²) in [6.07, 6.45) is 3.92. The van der Waals surface area contributed by atoms with Gasteiger partial charge in [-0.05, 0) is 12.8 Å². The number of esters is 1. The SMILES string of the molecule is CC(=O)O[C@@](O)(C(=O)O)C1CCCCC1. The van der Waals surface area contributed by atoms with Crippen molar-refractivity contribution in [1.82, 2.24) is 0 Å². The molecule has 86 valence electrons. The lowest BCUT2D eigenvalue weighted by Gasteiger charge is -2.33. The Kier molecular flexibility index (Phi) is 3.68. The Morgan fingerprint density at radius 2 is 1.80 bits per heavy atom. The summed E-state index contributed by atoms with van der Waals surface area (Å²) in [7, 11) is 0. The van der Waals surface area contributed by atoms with Gasteiger partial charge in [-0.2, -0.15) is 0 Å². The van der Waals surface area contributed by atoms with Gasteiger partial charge in [0.15, 0.2) is 0 Å². The van der Waals surface area contributed by atoms with E-state index in [9.17, 15) is 14.7 Å². The molecule has 0 saturated heterocycles. The van der Waals surface area contributed by atoms with Crippen LogP contribution in [0, 0.1) is 5.92 Å². The molecule has 0 amide bonds. The van der Waals surface area contributed by atoms with Crippen molar-refractivity contribution in [3.8, 4) is 0 Å². The average Bonchev–Trinajstić information content (AvgIpc) is 2.17. The standard InChI is InChI=1S/C10H16O5/c1-7(11)15-10(14,9(12)13)8-5-3-2-4-6-8/h8,14H,2-6H2,1H3,(H,12,13)/t10-/m1/s1. The van der Waals surface area contributed by atoms with E-state index >= 15 is 0 Å². The van der Waals surface area contributed by atoms with Gasteiger partial charge < -0.3 is 14.9 Å². The first-order chi connectivity index (χ1) is 6.97. The van der Waals surface area contributed by atoms with E-state index in [4.69, 9.17) is 5.11 Å². The molecule has 1 fully saturated rings. The van der Waals surface area contributed by atoms with Gasteiger partial charge in [-0.3, -0.25) is 4.79 Å². The fraction of sp³-hybridized carbons (Fsp3) is 0.800. The van der Waals surface area contributed by atoms with Gasteiger partial charge in [-0.15, -0.1) is 0 Å². The maximum atomic E-state index is 10.9. The van der Waals surface area contributed by atoms with Gasteiger partial charge in [0.25, 0.3) is 0 Å². The number of carbonyl (C=O) groups excluding carboxylic acids is 1. The Labute approximate surface area is 88.0 Å². The number of hydrogen-bond acceptors (Lipinski definition) is 4. The lowest BCUT2D eigenvalue weighted by Crippen LogP contribution is -2.50. The molecular weight excluding hydrogens is 200 g/mol. The molecule has 0 aromatic heterocycles. The number of ether oxygens (including phenoxy) is 1. The molecule has 1 rings (SSSR count). The second-order valence-corrected chi connectivity index (χ2v) is 3.93. The molecule has 1 atom stereocenters. The van der Waals surface area contributed by atoms with E-state index < -0.39 is 23.6 Å². The first-order valence-corrected chi connectivity index (χ1v) is 5.12. The van der Waals surface area contributed by atoms with Gasteiger partial charge in [0, 0.05) is 12.8 Å². The van der Waals surface area contributed by atoms with Crippen LogP contribution in [0.2, 0.25) is 0 Å². The monoisotopic (exact) mass is 216 g/mol. The van der Waals surface area contributed by atoms with Crippen molar-refractivity contribution in [2.45, 2.75) is 44.8 Å². The fourth-order valence-corrected chi connectivity index (χ4v) is 2.01. The summed E-state index contributed by atoms with van der Waals surface area (Å²) in [6.45, 7) is 1.09. The van der Waals surface area contributed by atoms with Crippen LogP contribution < -0.4 is 0 Å². The van der Waals surface area contributed by atoms with Crippen LogP contribution in [0.25, 0.3) is 0 Å². The van der Waals surface area contributed by atoms with E-state index in [1.54, 1.807) is 0 Å². The summed E-state index contributed by atoms with van der Waals surface area (Å²) in [5.41, 5.74) is 0. The van der Waals surface area contributed by atoms with Crippen molar-refractivity contribution < 1.29 is 24.5 Å². The van der Waals surface area contributed by atoms with Crippen molar-refractivity contribution in [1.29, 1.82) is 0 Å². The Morgan fingerprint density at radius 3 is 2.20 bits per heavy atom.